The number of imidazole rings is 1. The lowest BCUT2D eigenvalue weighted by atomic mass is 10.0. The van der Waals surface area contributed by atoms with Gasteiger partial charge in [-0.2, -0.15) is 0 Å². The van der Waals surface area contributed by atoms with E-state index in [1.54, 1.807) is 0 Å². The molecule has 0 aliphatic rings. The topological polar surface area (TPSA) is 44.1 Å². The maximum absolute atomic E-state index is 11.4. The maximum atomic E-state index is 11.4. The minimum absolute atomic E-state index is 0.214. The van der Waals surface area contributed by atoms with Gasteiger partial charge < -0.3 is 9.30 Å². The summed E-state index contributed by atoms with van der Waals surface area (Å²) in [6.07, 6.45) is 4.98. The molecule has 0 bridgehead atoms. The average molecular weight is 258 g/mol. The van der Waals surface area contributed by atoms with Crippen molar-refractivity contribution in [2.75, 3.05) is 7.11 Å². The molecule has 100 valence electrons. The Morgan fingerprint density at radius 2 is 2.05 bits per heavy atom. The molecule has 0 aliphatic heterocycles. The van der Waals surface area contributed by atoms with Crippen LogP contribution in [0.3, 0.4) is 0 Å². The van der Waals surface area contributed by atoms with Crippen LogP contribution < -0.4 is 0 Å². The van der Waals surface area contributed by atoms with E-state index in [9.17, 15) is 4.79 Å². The molecule has 0 radical (unpaired) electrons. The van der Waals surface area contributed by atoms with Crippen LogP contribution in [0.1, 0.15) is 23.9 Å². The molecular weight excluding hydrogens is 240 g/mol. The van der Waals surface area contributed by atoms with Gasteiger partial charge >= 0.3 is 5.97 Å². The second kappa shape index (κ2) is 6.18. The number of benzene rings is 1. The molecule has 1 heterocycles. The van der Waals surface area contributed by atoms with Gasteiger partial charge in [-0.15, -0.1) is 0 Å². The normalized spacial score (nSPS) is 10.4. The fourth-order valence-corrected chi connectivity index (χ4v) is 2.09. The third kappa shape index (κ3) is 3.22. The number of esters is 1. The highest BCUT2D eigenvalue weighted by molar-refractivity contribution is 5.72. The smallest absolute Gasteiger partial charge is 0.309 e. The summed E-state index contributed by atoms with van der Waals surface area (Å²) in [4.78, 5) is 15.7. The number of rotatable bonds is 5. The molecule has 4 nitrogen and oxygen atoms in total. The highest BCUT2D eigenvalue weighted by Crippen LogP contribution is 2.13. The standard InChI is InChI=1S/C15H18N2O2/c1-3-14-16-8-9-17(14)11-13-7-5-4-6-12(13)10-15(18)19-2/h4-9H,3,10-11H2,1-2H3. The van der Waals surface area contributed by atoms with Gasteiger partial charge in [0, 0.05) is 25.4 Å². The van der Waals surface area contributed by atoms with Crippen molar-refractivity contribution in [2.45, 2.75) is 26.3 Å². The van der Waals surface area contributed by atoms with Gasteiger partial charge in [-0.25, -0.2) is 4.98 Å². The van der Waals surface area contributed by atoms with Gasteiger partial charge in [0.15, 0.2) is 0 Å². The molecule has 1 aromatic heterocycles. The van der Waals surface area contributed by atoms with Crippen molar-refractivity contribution in [2.24, 2.45) is 0 Å². The van der Waals surface area contributed by atoms with E-state index in [1.165, 1.54) is 7.11 Å². The van der Waals surface area contributed by atoms with E-state index in [1.807, 2.05) is 36.7 Å². The summed E-state index contributed by atoms with van der Waals surface area (Å²) >= 11 is 0. The molecular formula is C15H18N2O2. The lowest BCUT2D eigenvalue weighted by Gasteiger charge is -2.11. The van der Waals surface area contributed by atoms with E-state index in [0.717, 1.165) is 29.9 Å². The Hall–Kier alpha value is -2.10. The number of hydrogen-bond acceptors (Lipinski definition) is 3. The van der Waals surface area contributed by atoms with Crippen molar-refractivity contribution in [3.8, 4) is 0 Å². The van der Waals surface area contributed by atoms with Crippen LogP contribution in [0.25, 0.3) is 0 Å². The number of carbonyl (C=O) groups excluding carboxylic acids is 1. The van der Waals surface area contributed by atoms with Crippen LogP contribution in [0.4, 0.5) is 0 Å². The highest BCUT2D eigenvalue weighted by atomic mass is 16.5. The zero-order valence-electron chi connectivity index (χ0n) is 11.3. The number of ether oxygens (including phenoxy) is 1. The Balaban J connectivity index is 2.22. The van der Waals surface area contributed by atoms with Crippen LogP contribution in [0.5, 0.6) is 0 Å². The van der Waals surface area contributed by atoms with Gasteiger partial charge in [-0.1, -0.05) is 31.2 Å². The van der Waals surface area contributed by atoms with Crippen molar-refractivity contribution in [3.05, 3.63) is 53.6 Å². The van der Waals surface area contributed by atoms with Crippen LogP contribution in [-0.2, 0) is 28.9 Å². The average Bonchev–Trinajstić information content (AvgIpc) is 2.88. The number of nitrogens with zero attached hydrogens (tertiary/aromatic N) is 2. The molecule has 0 N–H and O–H groups in total. The molecule has 0 amide bonds. The summed E-state index contributed by atoms with van der Waals surface area (Å²) in [5, 5.41) is 0. The molecule has 0 aliphatic carbocycles. The van der Waals surface area contributed by atoms with Gasteiger partial charge in [0.25, 0.3) is 0 Å². The Morgan fingerprint density at radius 3 is 2.74 bits per heavy atom. The van der Waals surface area contributed by atoms with Gasteiger partial charge in [0.2, 0.25) is 0 Å². The highest BCUT2D eigenvalue weighted by Gasteiger charge is 2.09. The van der Waals surface area contributed by atoms with Crippen LogP contribution in [0, 0.1) is 0 Å². The van der Waals surface area contributed by atoms with E-state index < -0.39 is 0 Å². The summed E-state index contributed by atoms with van der Waals surface area (Å²) in [5.74, 6) is 0.835. The molecule has 19 heavy (non-hydrogen) atoms. The van der Waals surface area contributed by atoms with E-state index in [-0.39, 0.29) is 5.97 Å². The van der Waals surface area contributed by atoms with Gasteiger partial charge in [0.1, 0.15) is 5.82 Å². The van der Waals surface area contributed by atoms with Gasteiger partial charge in [-0.3, -0.25) is 4.79 Å². The van der Waals surface area contributed by atoms with Gasteiger partial charge in [0.05, 0.1) is 13.5 Å². The van der Waals surface area contributed by atoms with Crippen molar-refractivity contribution < 1.29 is 9.53 Å². The second-order valence-electron chi connectivity index (χ2n) is 4.35. The summed E-state index contributed by atoms with van der Waals surface area (Å²) in [6, 6.07) is 7.93. The first-order valence-corrected chi connectivity index (χ1v) is 6.38. The molecule has 0 saturated heterocycles. The summed E-state index contributed by atoms with van der Waals surface area (Å²) in [7, 11) is 1.41. The maximum Gasteiger partial charge on any atom is 0.309 e. The van der Waals surface area contributed by atoms with Crippen molar-refractivity contribution in [3.63, 3.8) is 0 Å². The molecule has 0 unspecified atom stereocenters. The van der Waals surface area contributed by atoms with Crippen molar-refractivity contribution in [1.82, 2.24) is 9.55 Å². The Kier molecular flexibility index (Phi) is 4.34. The monoisotopic (exact) mass is 258 g/mol. The minimum atomic E-state index is -0.214. The van der Waals surface area contributed by atoms with E-state index in [0.29, 0.717) is 6.42 Å². The summed E-state index contributed by atoms with van der Waals surface area (Å²) in [6.45, 7) is 2.82. The second-order valence-corrected chi connectivity index (χ2v) is 4.35. The van der Waals surface area contributed by atoms with E-state index in [4.69, 9.17) is 4.74 Å². The number of aryl methyl sites for hydroxylation is 1. The molecule has 0 atom stereocenters. The SMILES string of the molecule is CCc1nccn1Cc1ccccc1CC(=O)OC. The minimum Gasteiger partial charge on any atom is -0.469 e. The zero-order chi connectivity index (χ0) is 13.7. The Labute approximate surface area is 113 Å². The Bertz CT molecular complexity index is 561. The molecule has 2 aromatic rings. The number of aromatic nitrogens is 2. The summed E-state index contributed by atoms with van der Waals surface area (Å²) < 4.78 is 6.84. The number of carbonyl (C=O) groups is 1. The fraction of sp³-hybridized carbons (Fsp3) is 0.333. The molecule has 2 rings (SSSR count). The van der Waals surface area contributed by atoms with Crippen LogP contribution in [0.15, 0.2) is 36.7 Å². The lowest BCUT2D eigenvalue weighted by molar-refractivity contribution is -0.139. The zero-order valence-corrected chi connectivity index (χ0v) is 11.3. The van der Waals surface area contributed by atoms with Crippen molar-refractivity contribution in [1.29, 1.82) is 0 Å². The number of hydrogen-bond donors (Lipinski definition) is 0. The van der Waals surface area contributed by atoms with Gasteiger partial charge in [-0.05, 0) is 11.1 Å². The number of methoxy groups -OCH3 is 1. The molecule has 0 spiro atoms. The Morgan fingerprint density at radius 1 is 1.32 bits per heavy atom. The predicted molar refractivity (Wildman–Crippen MR) is 72.9 cm³/mol. The van der Waals surface area contributed by atoms with E-state index in [2.05, 4.69) is 16.5 Å². The first-order chi connectivity index (χ1) is 9.24. The summed E-state index contributed by atoms with van der Waals surface area (Å²) in [5.41, 5.74) is 2.13. The van der Waals surface area contributed by atoms with Crippen LogP contribution in [-0.4, -0.2) is 22.6 Å². The van der Waals surface area contributed by atoms with Crippen LogP contribution >= 0.6 is 0 Å². The van der Waals surface area contributed by atoms with Crippen LogP contribution in [0.2, 0.25) is 0 Å². The first kappa shape index (κ1) is 13.3. The predicted octanol–water partition coefficient (Wildman–Crippen LogP) is 2.21. The lowest BCUT2D eigenvalue weighted by Crippen LogP contribution is -2.10. The third-order valence-electron chi connectivity index (χ3n) is 3.14. The van der Waals surface area contributed by atoms with Crippen molar-refractivity contribution >= 4 is 5.97 Å². The third-order valence-corrected chi connectivity index (χ3v) is 3.14. The fourth-order valence-electron chi connectivity index (χ4n) is 2.09. The molecule has 4 heteroatoms. The quantitative estimate of drug-likeness (QED) is 0.772. The largest absolute Gasteiger partial charge is 0.469 e. The molecule has 1 aromatic carbocycles. The first-order valence-electron chi connectivity index (χ1n) is 6.38. The molecule has 0 fully saturated rings. The molecule has 0 saturated carbocycles. The van der Waals surface area contributed by atoms with E-state index >= 15 is 0 Å².